The van der Waals surface area contributed by atoms with Gasteiger partial charge in [0.05, 0.1) is 16.8 Å². The molecule has 0 N–H and O–H groups in total. The average Bonchev–Trinajstić information content (AvgIpc) is 2.98. The fraction of sp³-hybridized carbons (Fsp3) is 0.375. The maximum Gasteiger partial charge on any atom is 0.218 e. The summed E-state index contributed by atoms with van der Waals surface area (Å²) in [7, 11) is -6.98. The molecule has 9 heteroatoms. The molecule has 0 radical (unpaired) electrons. The molecule has 0 unspecified atom stereocenters. The molecule has 5 nitrogen and oxygen atoms in total. The van der Waals surface area contributed by atoms with E-state index in [1.807, 2.05) is 11.4 Å². The van der Waals surface area contributed by atoms with Gasteiger partial charge in [-0.25, -0.2) is 21.1 Å². The molecule has 2 aromatic rings. The van der Waals surface area contributed by atoms with Crippen LogP contribution in [0.5, 0.6) is 0 Å². The van der Waals surface area contributed by atoms with Gasteiger partial charge in [0.15, 0.2) is 9.84 Å². The normalized spacial score (nSPS) is 21.7. The number of halogens is 1. The van der Waals surface area contributed by atoms with E-state index in [9.17, 15) is 16.8 Å². The van der Waals surface area contributed by atoms with Gasteiger partial charge in [-0.3, -0.25) is 0 Å². The Morgan fingerprint density at radius 3 is 2.68 bits per heavy atom. The van der Waals surface area contributed by atoms with Gasteiger partial charge in [0.2, 0.25) is 10.0 Å². The number of sulfonamides is 1. The molecule has 0 bridgehead atoms. The summed E-state index contributed by atoms with van der Waals surface area (Å²) in [6, 6.07) is 10.3. The smallest absolute Gasteiger partial charge is 0.218 e. The summed E-state index contributed by atoms with van der Waals surface area (Å²) in [5.74, 6) is -0.346. The second-order valence-electron chi connectivity index (χ2n) is 5.94. The average molecular weight is 420 g/mol. The molecule has 1 fully saturated rings. The van der Waals surface area contributed by atoms with E-state index in [-0.39, 0.29) is 31.0 Å². The first-order chi connectivity index (χ1) is 11.8. The largest absolute Gasteiger partial charge is 0.228 e. The van der Waals surface area contributed by atoms with Crippen LogP contribution in [0.4, 0.5) is 0 Å². The zero-order chi connectivity index (χ0) is 18.1. The number of nitrogens with zero attached hydrogens (tertiary/aromatic N) is 1. The van der Waals surface area contributed by atoms with E-state index in [1.165, 1.54) is 15.6 Å². The minimum Gasteiger partial charge on any atom is -0.228 e. The zero-order valence-corrected chi connectivity index (χ0v) is 16.5. The van der Waals surface area contributed by atoms with Crippen molar-refractivity contribution in [2.45, 2.75) is 17.4 Å². The van der Waals surface area contributed by atoms with Gasteiger partial charge < -0.3 is 0 Å². The second-order valence-corrected chi connectivity index (χ2v) is 11.6. The summed E-state index contributed by atoms with van der Waals surface area (Å²) in [5, 5.41) is 1.69. The Labute approximate surface area is 157 Å². The summed E-state index contributed by atoms with van der Waals surface area (Å²) >= 11 is 7.30. The van der Waals surface area contributed by atoms with Crippen molar-refractivity contribution in [3.63, 3.8) is 0 Å². The Morgan fingerprint density at radius 2 is 2.00 bits per heavy atom. The van der Waals surface area contributed by atoms with Crippen LogP contribution in [0.25, 0.3) is 0 Å². The van der Waals surface area contributed by atoms with Crippen LogP contribution < -0.4 is 0 Å². The Bertz CT molecular complexity index is 940. The summed E-state index contributed by atoms with van der Waals surface area (Å²) in [6.45, 7) is 0.192. The number of thiophene rings is 1. The summed E-state index contributed by atoms with van der Waals surface area (Å²) < 4.78 is 51.8. The number of hydrogen-bond donors (Lipinski definition) is 0. The number of rotatable bonds is 4. The van der Waals surface area contributed by atoms with Crippen molar-refractivity contribution < 1.29 is 16.8 Å². The third-order valence-electron chi connectivity index (χ3n) is 4.19. The van der Waals surface area contributed by atoms with E-state index in [0.29, 0.717) is 10.6 Å². The molecule has 1 saturated heterocycles. The van der Waals surface area contributed by atoms with E-state index in [0.717, 1.165) is 4.88 Å². The predicted octanol–water partition coefficient (Wildman–Crippen LogP) is 3.09. The molecule has 136 valence electrons. The van der Waals surface area contributed by atoms with Crippen molar-refractivity contribution in [2.24, 2.45) is 0 Å². The van der Waals surface area contributed by atoms with Crippen LogP contribution in [0.1, 0.15) is 22.1 Å². The standard InChI is InChI=1S/C16H18ClNO4S3/c17-14-4-1-3-13(11-14)12-25(21,22)18-7-6-16(15-5-2-9-23-15)24(19,20)10-8-18/h1-5,9,11,16H,6-8,10,12H2/t16-/m1/s1. The van der Waals surface area contributed by atoms with Gasteiger partial charge in [-0.15, -0.1) is 11.3 Å². The van der Waals surface area contributed by atoms with Crippen LogP contribution in [0, 0.1) is 0 Å². The Hall–Kier alpha value is -0.930. The molecule has 0 amide bonds. The van der Waals surface area contributed by atoms with Gasteiger partial charge in [-0.1, -0.05) is 29.8 Å². The lowest BCUT2D eigenvalue weighted by atomic mass is 10.2. The molecule has 0 aliphatic carbocycles. The van der Waals surface area contributed by atoms with Crippen LogP contribution in [0.15, 0.2) is 41.8 Å². The van der Waals surface area contributed by atoms with Crippen molar-refractivity contribution >= 4 is 42.8 Å². The molecule has 1 aromatic heterocycles. The van der Waals surface area contributed by atoms with Gasteiger partial charge in [0.25, 0.3) is 0 Å². The van der Waals surface area contributed by atoms with E-state index in [4.69, 9.17) is 11.6 Å². The predicted molar refractivity (Wildman–Crippen MR) is 101 cm³/mol. The van der Waals surface area contributed by atoms with E-state index >= 15 is 0 Å². The molecular weight excluding hydrogens is 402 g/mol. The second kappa shape index (κ2) is 7.36. The van der Waals surface area contributed by atoms with Crippen LogP contribution in [-0.4, -0.2) is 40.0 Å². The Morgan fingerprint density at radius 1 is 1.20 bits per heavy atom. The molecule has 0 spiro atoms. The number of hydrogen-bond acceptors (Lipinski definition) is 5. The summed E-state index contributed by atoms with van der Waals surface area (Å²) in [6.07, 6.45) is 0.275. The molecule has 25 heavy (non-hydrogen) atoms. The number of benzene rings is 1. The summed E-state index contributed by atoms with van der Waals surface area (Å²) in [5.41, 5.74) is 0.592. The van der Waals surface area contributed by atoms with Gasteiger partial charge in [0.1, 0.15) is 0 Å². The van der Waals surface area contributed by atoms with Crippen LogP contribution >= 0.6 is 22.9 Å². The van der Waals surface area contributed by atoms with E-state index in [1.54, 1.807) is 30.3 Å². The third-order valence-corrected chi connectivity index (χ3v) is 9.52. The fourth-order valence-corrected chi connectivity index (χ4v) is 7.79. The number of sulfone groups is 1. The maximum absolute atomic E-state index is 12.7. The van der Waals surface area contributed by atoms with Gasteiger partial charge in [-0.2, -0.15) is 0 Å². The first kappa shape index (κ1) is 18.8. The molecule has 0 saturated carbocycles. The Balaban J connectivity index is 1.80. The van der Waals surface area contributed by atoms with Crippen molar-refractivity contribution in [1.29, 1.82) is 0 Å². The van der Waals surface area contributed by atoms with Gasteiger partial charge >= 0.3 is 0 Å². The third kappa shape index (κ3) is 4.43. The summed E-state index contributed by atoms with van der Waals surface area (Å²) in [4.78, 5) is 0.772. The van der Waals surface area contributed by atoms with Crippen molar-refractivity contribution in [3.8, 4) is 0 Å². The highest BCUT2D eigenvalue weighted by Gasteiger charge is 2.35. The van der Waals surface area contributed by atoms with Gasteiger partial charge in [-0.05, 0) is 35.6 Å². The molecule has 1 aromatic carbocycles. The lowest BCUT2D eigenvalue weighted by molar-refractivity contribution is 0.428. The van der Waals surface area contributed by atoms with Crippen LogP contribution in [0.2, 0.25) is 5.02 Å². The first-order valence-electron chi connectivity index (χ1n) is 7.75. The molecule has 3 rings (SSSR count). The van der Waals surface area contributed by atoms with Crippen LogP contribution in [-0.2, 0) is 25.6 Å². The molecule has 1 aliphatic heterocycles. The quantitative estimate of drug-likeness (QED) is 0.763. The fourth-order valence-electron chi connectivity index (χ4n) is 2.92. The van der Waals surface area contributed by atoms with Crippen molar-refractivity contribution in [2.75, 3.05) is 18.8 Å². The van der Waals surface area contributed by atoms with E-state index < -0.39 is 25.1 Å². The minimum atomic E-state index is -3.61. The topological polar surface area (TPSA) is 71.5 Å². The SMILES string of the molecule is O=S1(=O)CCN(S(=O)(=O)Cc2cccc(Cl)c2)CC[C@@H]1c1cccs1. The minimum absolute atomic E-state index is 0.00684. The molecular formula is C16H18ClNO4S3. The van der Waals surface area contributed by atoms with Gasteiger partial charge in [0, 0.05) is 23.0 Å². The van der Waals surface area contributed by atoms with E-state index in [2.05, 4.69) is 0 Å². The monoisotopic (exact) mass is 419 g/mol. The van der Waals surface area contributed by atoms with Crippen molar-refractivity contribution in [3.05, 3.63) is 57.2 Å². The highest BCUT2D eigenvalue weighted by atomic mass is 35.5. The maximum atomic E-state index is 12.7. The highest BCUT2D eigenvalue weighted by Crippen LogP contribution is 2.33. The lowest BCUT2D eigenvalue weighted by Crippen LogP contribution is -2.34. The van der Waals surface area contributed by atoms with Crippen LogP contribution in [0.3, 0.4) is 0 Å². The zero-order valence-electron chi connectivity index (χ0n) is 13.3. The highest BCUT2D eigenvalue weighted by molar-refractivity contribution is 7.92. The Kier molecular flexibility index (Phi) is 5.55. The van der Waals surface area contributed by atoms with Crippen molar-refractivity contribution in [1.82, 2.24) is 4.31 Å². The molecule has 1 atom stereocenters. The first-order valence-corrected chi connectivity index (χ1v) is 12.3. The molecule has 1 aliphatic rings. The molecule has 2 heterocycles. The lowest BCUT2D eigenvalue weighted by Gasteiger charge is -2.19.